The van der Waals surface area contributed by atoms with Gasteiger partial charge in [-0.2, -0.15) is 5.10 Å². The zero-order valence-electron chi connectivity index (χ0n) is 13.9. The first-order valence-corrected chi connectivity index (χ1v) is 9.28. The molecule has 0 aromatic heterocycles. The largest absolute Gasteiger partial charge is 0.377 e. The molecule has 2 N–H and O–H groups in total. The summed E-state index contributed by atoms with van der Waals surface area (Å²) < 4.78 is 14.2. The lowest BCUT2D eigenvalue weighted by molar-refractivity contribution is 0.625. The van der Waals surface area contributed by atoms with Crippen LogP contribution in [0, 0.1) is 5.82 Å². The van der Waals surface area contributed by atoms with Crippen LogP contribution in [0.15, 0.2) is 58.7 Å². The summed E-state index contributed by atoms with van der Waals surface area (Å²) in [5.41, 5.74) is 8.33. The predicted octanol–water partition coefficient (Wildman–Crippen LogP) is 4.01. The summed E-state index contributed by atoms with van der Waals surface area (Å²) >= 11 is 1.40. The van der Waals surface area contributed by atoms with E-state index in [4.69, 9.17) is 5.73 Å². The quantitative estimate of drug-likeness (QED) is 0.500. The highest BCUT2D eigenvalue weighted by molar-refractivity contribution is 8.13. The van der Waals surface area contributed by atoms with E-state index in [1.165, 1.54) is 30.8 Å². The molecular weight excluding hydrogens is 335 g/mol. The average Bonchev–Trinajstić information content (AvgIpc) is 3.17. The van der Waals surface area contributed by atoms with Crippen molar-refractivity contribution in [2.45, 2.75) is 18.6 Å². The van der Waals surface area contributed by atoms with Gasteiger partial charge >= 0.3 is 0 Å². The van der Waals surface area contributed by atoms with Gasteiger partial charge in [-0.3, -0.25) is 0 Å². The Morgan fingerprint density at radius 3 is 2.64 bits per heavy atom. The van der Waals surface area contributed by atoms with Crippen molar-refractivity contribution in [2.75, 3.05) is 18.0 Å². The van der Waals surface area contributed by atoms with Crippen LogP contribution in [0.5, 0.6) is 0 Å². The molecule has 4 nitrogen and oxygen atoms in total. The van der Waals surface area contributed by atoms with Gasteiger partial charge in [-0.25, -0.2) is 4.39 Å². The molecule has 1 aliphatic heterocycles. The van der Waals surface area contributed by atoms with Crippen molar-refractivity contribution >= 4 is 28.8 Å². The molecule has 0 aliphatic carbocycles. The van der Waals surface area contributed by atoms with E-state index in [0.29, 0.717) is 10.7 Å². The molecule has 6 heteroatoms. The van der Waals surface area contributed by atoms with Crippen molar-refractivity contribution in [1.29, 1.82) is 0 Å². The molecule has 3 rings (SSSR count). The van der Waals surface area contributed by atoms with Crippen LogP contribution in [0.1, 0.15) is 24.0 Å². The van der Waals surface area contributed by atoms with E-state index in [-0.39, 0.29) is 5.82 Å². The first-order chi connectivity index (χ1) is 12.2. The number of anilines is 1. The molecule has 2 aromatic rings. The van der Waals surface area contributed by atoms with Gasteiger partial charge in [0.15, 0.2) is 5.17 Å². The number of thioether (sulfide) groups is 1. The Morgan fingerprint density at radius 1 is 1.16 bits per heavy atom. The summed E-state index contributed by atoms with van der Waals surface area (Å²) in [4.78, 5) is 2.19. The molecule has 0 radical (unpaired) electrons. The summed E-state index contributed by atoms with van der Waals surface area (Å²) in [6, 6.07) is 15.2. The fourth-order valence-electron chi connectivity index (χ4n) is 2.70. The van der Waals surface area contributed by atoms with Gasteiger partial charge in [0.05, 0.1) is 6.21 Å². The minimum atomic E-state index is -0.293. The zero-order chi connectivity index (χ0) is 17.5. The van der Waals surface area contributed by atoms with Gasteiger partial charge in [0.2, 0.25) is 0 Å². The Labute approximate surface area is 151 Å². The average molecular weight is 356 g/mol. The molecule has 0 bridgehead atoms. The van der Waals surface area contributed by atoms with Gasteiger partial charge in [-0.15, -0.1) is 5.10 Å². The number of nitrogens with two attached hydrogens (primary N) is 1. The maximum absolute atomic E-state index is 14.2. The molecule has 1 heterocycles. The van der Waals surface area contributed by atoms with E-state index < -0.39 is 0 Å². The Kier molecular flexibility index (Phi) is 6.06. The Hall–Kier alpha value is -2.34. The van der Waals surface area contributed by atoms with Crippen LogP contribution in [0.25, 0.3) is 0 Å². The topological polar surface area (TPSA) is 54.0 Å². The molecule has 25 heavy (non-hydrogen) atoms. The highest BCUT2D eigenvalue weighted by atomic mass is 32.2. The number of benzene rings is 2. The van der Waals surface area contributed by atoms with E-state index >= 15 is 0 Å². The van der Waals surface area contributed by atoms with Crippen LogP contribution in [0.4, 0.5) is 10.1 Å². The fourth-order valence-corrected chi connectivity index (χ4v) is 3.31. The summed E-state index contributed by atoms with van der Waals surface area (Å²) in [5, 5.41) is 8.19. The monoisotopic (exact) mass is 356 g/mol. The smallest absolute Gasteiger partial charge is 0.180 e. The van der Waals surface area contributed by atoms with E-state index in [1.807, 2.05) is 36.4 Å². The minimum Gasteiger partial charge on any atom is -0.377 e. The van der Waals surface area contributed by atoms with Gasteiger partial charge in [0.1, 0.15) is 5.82 Å². The molecule has 1 saturated heterocycles. The fraction of sp³-hybridized carbons (Fsp3) is 0.263. The molecule has 1 aliphatic rings. The second-order valence-corrected chi connectivity index (χ2v) is 6.85. The number of rotatable bonds is 5. The minimum absolute atomic E-state index is 0.293. The van der Waals surface area contributed by atoms with Crippen LogP contribution in [0.3, 0.4) is 0 Å². The van der Waals surface area contributed by atoms with Crippen LogP contribution in [0.2, 0.25) is 0 Å². The van der Waals surface area contributed by atoms with Crippen molar-refractivity contribution < 1.29 is 4.39 Å². The van der Waals surface area contributed by atoms with E-state index in [0.717, 1.165) is 30.1 Å². The lowest BCUT2D eigenvalue weighted by Gasteiger charge is -2.17. The van der Waals surface area contributed by atoms with Gasteiger partial charge in [0.25, 0.3) is 0 Å². The first kappa shape index (κ1) is 17.5. The normalized spacial score (nSPS) is 15.2. The molecule has 0 atom stereocenters. The van der Waals surface area contributed by atoms with Crippen LogP contribution in [-0.2, 0) is 5.75 Å². The second-order valence-electron chi connectivity index (χ2n) is 5.86. The van der Waals surface area contributed by atoms with Gasteiger partial charge in [-0.1, -0.05) is 42.1 Å². The van der Waals surface area contributed by atoms with Crippen molar-refractivity contribution in [3.63, 3.8) is 0 Å². The standard InChI is InChI=1S/C19H21FN4S/c20-18-12-17(24-10-4-5-11-24)9-8-16(18)13-22-23-19(21)25-14-15-6-2-1-3-7-15/h1-3,6-9,12-13H,4-5,10-11,14H2,(H2,21,23). The van der Waals surface area contributed by atoms with E-state index in [1.54, 1.807) is 12.1 Å². The third-order valence-corrected chi connectivity index (χ3v) is 4.89. The summed E-state index contributed by atoms with van der Waals surface area (Å²) in [5.74, 6) is 0.434. The van der Waals surface area contributed by atoms with Gasteiger partial charge in [-0.05, 0) is 36.6 Å². The Morgan fingerprint density at radius 2 is 1.92 bits per heavy atom. The molecular formula is C19H21FN4S. The number of nitrogens with zero attached hydrogens (tertiary/aromatic N) is 3. The van der Waals surface area contributed by atoms with Gasteiger partial charge in [0, 0.05) is 30.1 Å². The SMILES string of the molecule is NC(=NN=Cc1ccc(N2CCCC2)cc1F)SCc1ccccc1. The Balaban J connectivity index is 1.57. The summed E-state index contributed by atoms with van der Waals surface area (Å²) in [6.45, 7) is 1.98. The predicted molar refractivity (Wildman–Crippen MR) is 105 cm³/mol. The molecule has 0 amide bonds. The van der Waals surface area contributed by atoms with Crippen LogP contribution < -0.4 is 10.6 Å². The number of amidine groups is 1. The van der Waals surface area contributed by atoms with E-state index in [9.17, 15) is 4.39 Å². The van der Waals surface area contributed by atoms with E-state index in [2.05, 4.69) is 15.1 Å². The molecule has 0 saturated carbocycles. The number of halogens is 1. The van der Waals surface area contributed by atoms with Gasteiger partial charge < -0.3 is 10.6 Å². The third kappa shape index (κ3) is 5.06. The summed E-state index contributed by atoms with van der Waals surface area (Å²) in [7, 11) is 0. The third-order valence-electron chi connectivity index (χ3n) is 4.04. The maximum Gasteiger partial charge on any atom is 0.180 e. The van der Waals surface area contributed by atoms with Crippen molar-refractivity contribution in [3.8, 4) is 0 Å². The lowest BCUT2D eigenvalue weighted by Crippen LogP contribution is -2.17. The molecule has 2 aromatic carbocycles. The van der Waals surface area contributed by atoms with Crippen molar-refractivity contribution in [3.05, 3.63) is 65.5 Å². The van der Waals surface area contributed by atoms with Crippen LogP contribution >= 0.6 is 11.8 Å². The van der Waals surface area contributed by atoms with Crippen molar-refractivity contribution in [2.24, 2.45) is 15.9 Å². The summed E-state index contributed by atoms with van der Waals surface area (Å²) in [6.07, 6.45) is 3.73. The first-order valence-electron chi connectivity index (χ1n) is 8.30. The maximum atomic E-state index is 14.2. The number of hydrogen-bond donors (Lipinski definition) is 1. The highest BCUT2D eigenvalue weighted by Gasteiger charge is 2.13. The lowest BCUT2D eigenvalue weighted by atomic mass is 10.2. The van der Waals surface area contributed by atoms with Crippen molar-refractivity contribution in [1.82, 2.24) is 0 Å². The second kappa shape index (κ2) is 8.67. The highest BCUT2D eigenvalue weighted by Crippen LogP contribution is 2.22. The van der Waals surface area contributed by atoms with Crippen LogP contribution in [-0.4, -0.2) is 24.5 Å². The molecule has 130 valence electrons. The molecule has 0 unspecified atom stereocenters. The Bertz CT molecular complexity index is 755. The zero-order valence-corrected chi connectivity index (χ0v) is 14.8. The number of hydrogen-bond acceptors (Lipinski definition) is 4. The molecule has 1 fully saturated rings. The molecule has 0 spiro atoms.